The maximum Gasteiger partial charge on any atom is 0.319 e. The molecule has 0 aromatic rings. The normalized spacial score (nSPS) is 10.3. The number of allylic oxidation sites excluding steroid dienone is 3. The zero-order valence-electron chi connectivity index (χ0n) is 26.2. The van der Waals surface area contributed by atoms with Gasteiger partial charge in [-0.15, -0.1) is 19.7 Å². The van der Waals surface area contributed by atoms with Crippen LogP contribution in [0.2, 0.25) is 0 Å². The van der Waals surface area contributed by atoms with Gasteiger partial charge in [0.15, 0.2) is 0 Å². The molecule has 0 unspecified atom stereocenters. The Labute approximate surface area is 286 Å². The Morgan fingerprint density at radius 3 is 0.591 bits per heavy atom. The summed E-state index contributed by atoms with van der Waals surface area (Å²) in [5.74, 6) is 0. The highest BCUT2D eigenvalue weighted by Gasteiger charge is 1.93. The molecule has 0 bridgehead atoms. The lowest BCUT2D eigenvalue weighted by molar-refractivity contribution is 0.361. The summed E-state index contributed by atoms with van der Waals surface area (Å²) < 4.78 is 0. The van der Waals surface area contributed by atoms with Gasteiger partial charge in [0.25, 0.3) is 0 Å². The fourth-order valence-corrected chi connectivity index (χ4v) is 2.15. The monoisotopic (exact) mass is 792 g/mol. The van der Waals surface area contributed by atoms with Gasteiger partial charge in [0.1, 0.15) is 0 Å². The van der Waals surface area contributed by atoms with Crippen LogP contribution in [0.3, 0.4) is 0 Å². The van der Waals surface area contributed by atoms with Crippen LogP contribution < -0.4 is 0 Å². The van der Waals surface area contributed by atoms with Crippen LogP contribution in [0.4, 0.5) is 0 Å². The van der Waals surface area contributed by atoms with Gasteiger partial charge in [-0.3, -0.25) is 0 Å². The highest BCUT2D eigenvalue weighted by atomic mass is 32.5. The Morgan fingerprint density at radius 1 is 0.364 bits per heavy atom. The van der Waals surface area contributed by atoms with Gasteiger partial charge in [-0.05, 0) is 85.8 Å². The Hall–Kier alpha value is 1.34. The minimum absolute atomic E-state index is 1.19. The first-order valence-corrected chi connectivity index (χ1v) is 24.3. The third-order valence-electron chi connectivity index (χ3n) is 3.79. The van der Waals surface area contributed by atoms with Crippen LogP contribution in [0.15, 0.2) is 38.0 Å². The van der Waals surface area contributed by atoms with Crippen LogP contribution in [-0.4, -0.2) is 58.7 Å². The van der Waals surface area contributed by atoms with Gasteiger partial charge in [-0.2, -0.15) is 0 Å². The lowest BCUT2D eigenvalue weighted by atomic mass is 10.2. The maximum atomic E-state index is 7.56. The van der Waals surface area contributed by atoms with Gasteiger partial charge in [-0.25, -0.2) is 0 Å². The van der Waals surface area contributed by atoms with Crippen LogP contribution in [-0.2, 0) is 47.2 Å². The predicted octanol–water partition coefficient (Wildman–Crippen LogP) is 6.18. The third-order valence-corrected chi connectivity index (χ3v) is 3.79. The van der Waals surface area contributed by atoms with Crippen molar-refractivity contribution in [2.24, 2.45) is 0 Å². The van der Waals surface area contributed by atoms with Crippen LogP contribution in [0.25, 0.3) is 0 Å². The predicted molar refractivity (Wildman–Crippen MR) is 201 cm³/mol. The van der Waals surface area contributed by atoms with E-state index in [0.717, 1.165) is 0 Å². The molecule has 12 N–H and O–H groups in total. The summed E-state index contributed by atoms with van der Waals surface area (Å²) in [4.78, 5) is 90.7. The third kappa shape index (κ3) is 291. The van der Waals surface area contributed by atoms with E-state index in [1.54, 1.807) is 0 Å². The standard InChI is InChI=1S/3C8H16.4H3O3PS/c3*1-3-5-7-8-6-4-2;4*1-4(2,3)5/h3*3H,1,4-8H2,2H3;4*(H3,1,2,3,5). The fourth-order valence-electron chi connectivity index (χ4n) is 2.15. The van der Waals surface area contributed by atoms with Crippen LogP contribution >= 0.6 is 26.9 Å². The summed E-state index contributed by atoms with van der Waals surface area (Å²) >= 11 is 14.4. The van der Waals surface area contributed by atoms with Crippen molar-refractivity contribution >= 4 is 74.1 Å². The summed E-state index contributed by atoms with van der Waals surface area (Å²) in [7, 11) is 0. The molecule has 0 aromatic carbocycles. The molecular formula is C24H60O12P4S4. The van der Waals surface area contributed by atoms with Gasteiger partial charge in [0, 0.05) is 0 Å². The second-order valence-electron chi connectivity index (χ2n) is 8.47. The minimum atomic E-state index is -3.81. The van der Waals surface area contributed by atoms with Crippen molar-refractivity contribution in [1.82, 2.24) is 0 Å². The van der Waals surface area contributed by atoms with Gasteiger partial charge in [-0.1, -0.05) is 96.8 Å². The summed E-state index contributed by atoms with van der Waals surface area (Å²) in [6, 6.07) is 0. The highest BCUT2D eigenvalue weighted by molar-refractivity contribution is 8.07. The van der Waals surface area contributed by atoms with E-state index in [1.165, 1.54) is 96.3 Å². The van der Waals surface area contributed by atoms with Crippen molar-refractivity contribution in [3.05, 3.63) is 38.0 Å². The van der Waals surface area contributed by atoms with Crippen LogP contribution in [0.5, 0.6) is 0 Å². The highest BCUT2D eigenvalue weighted by Crippen LogP contribution is 2.27. The Bertz CT molecular complexity index is 634. The minimum Gasteiger partial charge on any atom is -0.325 e. The van der Waals surface area contributed by atoms with E-state index < -0.39 is 26.9 Å². The second kappa shape index (κ2) is 44.3. The van der Waals surface area contributed by atoms with E-state index in [9.17, 15) is 0 Å². The fraction of sp³-hybridized carbons (Fsp3) is 0.750. The summed E-state index contributed by atoms with van der Waals surface area (Å²) in [5.41, 5.74) is 0. The van der Waals surface area contributed by atoms with E-state index in [0.29, 0.717) is 0 Å². The Morgan fingerprint density at radius 2 is 0.500 bits per heavy atom. The lowest BCUT2D eigenvalue weighted by Crippen LogP contribution is -1.71. The van der Waals surface area contributed by atoms with Gasteiger partial charge >= 0.3 is 26.9 Å². The smallest absolute Gasteiger partial charge is 0.319 e. The first-order chi connectivity index (χ1) is 19.7. The zero-order valence-corrected chi connectivity index (χ0v) is 33.1. The number of unbranched alkanes of at least 4 members (excludes halogenated alkanes) is 12. The average Bonchev–Trinajstić information content (AvgIpc) is 2.79. The van der Waals surface area contributed by atoms with Crippen LogP contribution in [0.1, 0.15) is 117 Å². The molecular weight excluding hydrogens is 732 g/mol. The number of hydrogen-bond donors (Lipinski definition) is 12. The molecule has 0 fully saturated rings. The molecule has 0 amide bonds. The maximum absolute atomic E-state index is 7.56. The van der Waals surface area contributed by atoms with E-state index in [1.807, 2.05) is 18.2 Å². The largest absolute Gasteiger partial charge is 0.325 e. The molecule has 272 valence electrons. The molecule has 0 spiro atoms. The van der Waals surface area contributed by atoms with Gasteiger partial charge < -0.3 is 58.7 Å². The molecule has 0 saturated carbocycles. The number of rotatable bonds is 15. The molecule has 0 aliphatic carbocycles. The molecule has 0 aromatic heterocycles. The SMILES string of the molecule is C=CCCCCCC.C=CCCCCCC.C=CCCCCCC.OP(O)(O)=S.OP(O)(O)=S.OP(O)(O)=S.OP(O)(O)=S. The zero-order chi connectivity index (χ0) is 36.7. The van der Waals surface area contributed by atoms with E-state index in [4.69, 9.17) is 58.7 Å². The Balaban J connectivity index is -0.0000000735. The molecule has 0 aliphatic heterocycles. The molecule has 44 heavy (non-hydrogen) atoms. The lowest BCUT2D eigenvalue weighted by Gasteiger charge is -1.91. The molecule has 12 nitrogen and oxygen atoms in total. The Kier molecular flexibility index (Phi) is 61.1. The summed E-state index contributed by atoms with van der Waals surface area (Å²) in [6.45, 7) is 2.44. The van der Waals surface area contributed by atoms with E-state index in [2.05, 4.69) is 87.7 Å². The average molecular weight is 793 g/mol. The molecule has 0 aliphatic rings. The first kappa shape index (κ1) is 60.6. The molecule has 0 radical (unpaired) electrons. The van der Waals surface area contributed by atoms with Crippen molar-refractivity contribution in [3.8, 4) is 0 Å². The number of hydrogen-bond acceptors (Lipinski definition) is 4. The van der Waals surface area contributed by atoms with Crippen molar-refractivity contribution in [2.75, 3.05) is 0 Å². The topological polar surface area (TPSA) is 243 Å². The first-order valence-electron chi connectivity index (χ1n) is 13.7. The molecule has 0 rings (SSSR count). The summed E-state index contributed by atoms with van der Waals surface area (Å²) in [5, 5.41) is 0. The van der Waals surface area contributed by atoms with Crippen molar-refractivity contribution in [1.29, 1.82) is 0 Å². The second-order valence-corrected chi connectivity index (χ2v) is 18.5. The molecule has 20 heteroatoms. The van der Waals surface area contributed by atoms with Crippen LogP contribution in [0, 0.1) is 0 Å². The molecule has 0 saturated heterocycles. The summed E-state index contributed by atoms with van der Waals surface area (Å²) in [6.07, 6.45) is 25.8. The molecule has 0 heterocycles. The van der Waals surface area contributed by atoms with Crippen molar-refractivity contribution < 1.29 is 58.7 Å². The van der Waals surface area contributed by atoms with E-state index >= 15 is 0 Å². The van der Waals surface area contributed by atoms with Crippen molar-refractivity contribution in [2.45, 2.75) is 117 Å². The van der Waals surface area contributed by atoms with Crippen molar-refractivity contribution in [3.63, 3.8) is 0 Å². The van der Waals surface area contributed by atoms with E-state index in [-0.39, 0.29) is 0 Å². The quantitative estimate of drug-likeness (QED) is 0.0503. The van der Waals surface area contributed by atoms with Gasteiger partial charge in [0.05, 0.1) is 0 Å². The molecule has 0 atom stereocenters. The van der Waals surface area contributed by atoms with Gasteiger partial charge in [0.2, 0.25) is 0 Å².